The second-order valence-corrected chi connectivity index (χ2v) is 15.1. The first-order valence-corrected chi connectivity index (χ1v) is 14.7. The lowest BCUT2D eigenvalue weighted by molar-refractivity contribution is 0.0875. The van der Waals surface area contributed by atoms with E-state index in [1.807, 2.05) is 25.1 Å². The Bertz CT molecular complexity index is 996. The highest BCUT2D eigenvalue weighted by molar-refractivity contribution is 6.99. The first-order chi connectivity index (χ1) is 16.2. The monoisotopic (exact) mass is 514 g/mol. The minimum absolute atomic E-state index is 0.0699. The summed E-state index contributed by atoms with van der Waals surface area (Å²) in [5.41, 5.74) is 1.08. The van der Waals surface area contributed by atoms with Crippen molar-refractivity contribution in [2.45, 2.75) is 58.1 Å². The molecule has 0 saturated carbocycles. The molecule has 0 saturated heterocycles. The summed E-state index contributed by atoms with van der Waals surface area (Å²) in [6, 6.07) is 27.1. The Kier molecular flexibility index (Phi) is 9.42. The van der Waals surface area contributed by atoms with E-state index < -0.39 is 14.4 Å². The summed E-state index contributed by atoms with van der Waals surface area (Å²) >= 11 is 12.4. The number of benzene rings is 3. The topological polar surface area (TPSA) is 29.5 Å². The lowest BCUT2D eigenvalue weighted by Crippen LogP contribution is -2.66. The lowest BCUT2D eigenvalue weighted by atomic mass is 9.90. The summed E-state index contributed by atoms with van der Waals surface area (Å²) in [6.07, 6.45) is 1.79. The van der Waals surface area contributed by atoms with Crippen LogP contribution in [0.5, 0.6) is 0 Å². The minimum Gasteiger partial charge on any atom is -0.407 e. The molecule has 0 unspecified atom stereocenters. The van der Waals surface area contributed by atoms with E-state index in [0.717, 1.165) is 18.4 Å². The summed E-state index contributed by atoms with van der Waals surface area (Å²) in [6.45, 7) is 9.46. The summed E-state index contributed by atoms with van der Waals surface area (Å²) in [4.78, 5) is 0. The fourth-order valence-corrected chi connectivity index (χ4v) is 9.76. The van der Waals surface area contributed by atoms with Gasteiger partial charge in [0.25, 0.3) is 8.32 Å². The van der Waals surface area contributed by atoms with Crippen molar-refractivity contribution in [3.8, 4) is 0 Å². The van der Waals surface area contributed by atoms with Gasteiger partial charge >= 0.3 is 0 Å². The van der Waals surface area contributed by atoms with Gasteiger partial charge in [0.05, 0.1) is 16.1 Å². The highest BCUT2D eigenvalue weighted by Gasteiger charge is 2.50. The second kappa shape index (κ2) is 11.9. The van der Waals surface area contributed by atoms with Gasteiger partial charge in [-0.25, -0.2) is 0 Å². The van der Waals surface area contributed by atoms with E-state index in [-0.39, 0.29) is 11.0 Å². The van der Waals surface area contributed by atoms with E-state index >= 15 is 0 Å². The van der Waals surface area contributed by atoms with Crippen LogP contribution in [0, 0.1) is 5.92 Å². The molecular weight excluding hydrogens is 479 g/mol. The van der Waals surface area contributed by atoms with Gasteiger partial charge in [-0.1, -0.05) is 118 Å². The molecule has 0 amide bonds. The van der Waals surface area contributed by atoms with Crippen molar-refractivity contribution >= 4 is 41.9 Å². The summed E-state index contributed by atoms with van der Waals surface area (Å²) < 4.78 is 7.05. The van der Waals surface area contributed by atoms with Crippen LogP contribution in [0.2, 0.25) is 15.1 Å². The molecule has 34 heavy (non-hydrogen) atoms. The van der Waals surface area contributed by atoms with Crippen LogP contribution < -0.4 is 10.4 Å². The molecule has 5 heteroatoms. The van der Waals surface area contributed by atoms with Crippen LogP contribution >= 0.6 is 23.2 Å². The highest BCUT2D eigenvalue weighted by atomic mass is 35.5. The predicted molar refractivity (Wildman–Crippen MR) is 148 cm³/mol. The Balaban J connectivity index is 1.89. The normalized spacial score (nSPS) is 14.1. The molecular formula is C29H36Cl2O2Si. The van der Waals surface area contributed by atoms with Crippen molar-refractivity contribution < 1.29 is 9.53 Å². The molecule has 0 aromatic heterocycles. The molecule has 3 aromatic carbocycles. The first-order valence-electron chi connectivity index (χ1n) is 12.1. The van der Waals surface area contributed by atoms with E-state index in [4.69, 9.17) is 27.6 Å². The van der Waals surface area contributed by atoms with Gasteiger partial charge in [0.2, 0.25) is 0 Å². The van der Waals surface area contributed by atoms with Gasteiger partial charge in [0.15, 0.2) is 0 Å². The van der Waals surface area contributed by atoms with E-state index in [1.165, 1.54) is 10.4 Å². The smallest absolute Gasteiger partial charge is 0.261 e. The third kappa shape index (κ3) is 6.13. The van der Waals surface area contributed by atoms with E-state index in [2.05, 4.69) is 81.4 Å². The molecule has 0 radical (unpaired) electrons. The molecule has 0 bridgehead atoms. The first kappa shape index (κ1) is 27.0. The minimum atomic E-state index is -2.59. The average Bonchev–Trinajstić information content (AvgIpc) is 2.83. The Morgan fingerprint density at radius 2 is 1.41 bits per heavy atom. The number of rotatable bonds is 10. The van der Waals surface area contributed by atoms with Gasteiger partial charge in [-0.15, -0.1) is 0 Å². The average molecular weight is 516 g/mol. The van der Waals surface area contributed by atoms with E-state index in [0.29, 0.717) is 23.1 Å². The van der Waals surface area contributed by atoms with Gasteiger partial charge in [-0.3, -0.25) is 0 Å². The molecule has 182 valence electrons. The van der Waals surface area contributed by atoms with Crippen LogP contribution in [0.4, 0.5) is 0 Å². The summed E-state index contributed by atoms with van der Waals surface area (Å²) in [5.74, 6) is 0.0699. The molecule has 2 nitrogen and oxygen atoms in total. The summed E-state index contributed by atoms with van der Waals surface area (Å²) in [5, 5.41) is 14.4. The standard InChI is InChI=1S/C29H36Cl2O2Si/c1-5-28(32)23(20-22-16-17-26(30)27(31)21-22)18-19-33-34(29(2,3)4,24-12-8-6-9-13-24)25-14-10-7-11-15-25/h6-17,21,23,28,32H,5,18-20H2,1-4H3/t23-,28-/m1/s1. The lowest BCUT2D eigenvalue weighted by Gasteiger charge is -2.43. The van der Waals surface area contributed by atoms with Crippen molar-refractivity contribution in [2.75, 3.05) is 6.61 Å². The number of hydrogen-bond donors (Lipinski definition) is 1. The maximum Gasteiger partial charge on any atom is 0.261 e. The highest BCUT2D eigenvalue weighted by Crippen LogP contribution is 2.37. The number of hydrogen-bond acceptors (Lipinski definition) is 2. The fraction of sp³-hybridized carbons (Fsp3) is 0.379. The zero-order valence-corrected chi connectivity index (χ0v) is 23.1. The van der Waals surface area contributed by atoms with Gasteiger partial charge < -0.3 is 9.53 Å². The molecule has 0 spiro atoms. The van der Waals surface area contributed by atoms with Crippen LogP contribution in [0.15, 0.2) is 78.9 Å². The van der Waals surface area contributed by atoms with Gasteiger partial charge in [-0.2, -0.15) is 0 Å². The van der Waals surface area contributed by atoms with Gasteiger partial charge in [-0.05, 0) is 58.3 Å². The predicted octanol–water partition coefficient (Wildman–Crippen LogP) is 6.89. The molecule has 0 aliphatic rings. The van der Waals surface area contributed by atoms with Crippen LogP contribution in [0.1, 0.15) is 46.1 Å². The second-order valence-electron chi connectivity index (χ2n) is 9.99. The maximum atomic E-state index is 10.8. The Labute approximate surface area is 216 Å². The van der Waals surface area contributed by atoms with Gasteiger partial charge in [0, 0.05) is 6.61 Å². The SMILES string of the molecule is CC[C@@H](O)[C@H](CCO[Si](c1ccccc1)(c1ccccc1)C(C)(C)C)Cc1ccc(Cl)c(Cl)c1. The molecule has 1 N–H and O–H groups in total. The summed E-state index contributed by atoms with van der Waals surface area (Å²) in [7, 11) is -2.59. The molecule has 0 aliphatic carbocycles. The van der Waals surface area contributed by atoms with Crippen LogP contribution in [-0.4, -0.2) is 26.1 Å². The van der Waals surface area contributed by atoms with Crippen molar-refractivity contribution in [3.05, 3.63) is 94.5 Å². The molecule has 0 fully saturated rings. The van der Waals surface area contributed by atoms with Crippen molar-refractivity contribution in [2.24, 2.45) is 5.92 Å². The molecule has 3 aromatic rings. The molecule has 0 aliphatic heterocycles. The van der Waals surface area contributed by atoms with Crippen LogP contribution in [0.3, 0.4) is 0 Å². The molecule has 2 atom stereocenters. The zero-order valence-electron chi connectivity index (χ0n) is 20.6. The van der Waals surface area contributed by atoms with Crippen molar-refractivity contribution in [1.29, 1.82) is 0 Å². The third-order valence-electron chi connectivity index (χ3n) is 6.67. The number of aliphatic hydroxyl groups excluding tert-OH is 1. The maximum absolute atomic E-state index is 10.8. The van der Waals surface area contributed by atoms with E-state index in [1.54, 1.807) is 0 Å². The zero-order chi connectivity index (χ0) is 24.8. The van der Waals surface area contributed by atoms with Crippen molar-refractivity contribution in [3.63, 3.8) is 0 Å². The third-order valence-corrected chi connectivity index (χ3v) is 12.4. The quantitative estimate of drug-likeness (QED) is 0.298. The number of aliphatic hydroxyl groups is 1. The Hall–Kier alpha value is -1.62. The molecule has 0 heterocycles. The van der Waals surface area contributed by atoms with E-state index in [9.17, 15) is 5.11 Å². The van der Waals surface area contributed by atoms with Crippen molar-refractivity contribution in [1.82, 2.24) is 0 Å². The Morgan fingerprint density at radius 1 is 0.853 bits per heavy atom. The van der Waals surface area contributed by atoms with Crippen LogP contribution in [0.25, 0.3) is 0 Å². The Morgan fingerprint density at radius 3 is 1.88 bits per heavy atom. The largest absolute Gasteiger partial charge is 0.407 e. The van der Waals surface area contributed by atoms with Gasteiger partial charge in [0.1, 0.15) is 0 Å². The van der Waals surface area contributed by atoms with Crippen LogP contribution in [-0.2, 0) is 10.8 Å². The number of halogens is 2. The fourth-order valence-electron chi connectivity index (χ4n) is 4.86. The molecule has 3 rings (SSSR count).